The lowest BCUT2D eigenvalue weighted by atomic mass is 10.1. The van der Waals surface area contributed by atoms with Crippen LogP contribution in [0.25, 0.3) is 11.3 Å². The third-order valence-electron chi connectivity index (χ3n) is 4.25. The minimum Gasteiger partial charge on any atom is -0.352 e. The van der Waals surface area contributed by atoms with Crippen LogP contribution in [0.2, 0.25) is 0 Å². The van der Waals surface area contributed by atoms with Crippen LogP contribution in [0, 0.1) is 6.92 Å². The van der Waals surface area contributed by atoms with Crippen LogP contribution in [0.1, 0.15) is 17.0 Å². The van der Waals surface area contributed by atoms with Crippen molar-refractivity contribution < 1.29 is 0 Å². The second kappa shape index (κ2) is 9.28. The van der Waals surface area contributed by atoms with E-state index in [2.05, 4.69) is 69.1 Å². The number of rotatable bonds is 6. The van der Waals surface area contributed by atoms with Gasteiger partial charge in [0.1, 0.15) is 5.82 Å². The Labute approximate surface area is 164 Å². The molecule has 27 heavy (non-hydrogen) atoms. The van der Waals surface area contributed by atoms with Gasteiger partial charge in [-0.15, -0.1) is 11.8 Å². The molecule has 3 rings (SSSR count). The summed E-state index contributed by atoms with van der Waals surface area (Å²) in [6, 6.07) is 16.7. The Morgan fingerprint density at radius 1 is 1.11 bits per heavy atom. The maximum atomic E-state index is 4.45. The van der Waals surface area contributed by atoms with Crippen molar-refractivity contribution >= 4 is 17.7 Å². The van der Waals surface area contributed by atoms with E-state index in [1.54, 1.807) is 18.8 Å². The Balaban J connectivity index is 1.56. The first-order valence-electron chi connectivity index (χ1n) is 8.87. The summed E-state index contributed by atoms with van der Waals surface area (Å²) in [4.78, 5) is 13.4. The standard InChI is InChI=1S/C21H25N5S/c1-15-9-10-17(19(11-15)27-3)12-24-21(22-2)25-14-20-23-13-18(26-20)16-7-5-4-6-8-16/h4-11,13H,12,14H2,1-3H3,(H,23,26)(H2,22,24,25). The van der Waals surface area contributed by atoms with Gasteiger partial charge in [-0.2, -0.15) is 0 Å². The van der Waals surface area contributed by atoms with Gasteiger partial charge < -0.3 is 15.6 Å². The van der Waals surface area contributed by atoms with Crippen molar-refractivity contribution in [3.05, 3.63) is 71.7 Å². The number of aromatic nitrogens is 2. The molecule has 3 N–H and O–H groups in total. The highest BCUT2D eigenvalue weighted by atomic mass is 32.2. The summed E-state index contributed by atoms with van der Waals surface area (Å²) in [6.45, 7) is 3.42. The molecule has 0 aliphatic rings. The molecule has 6 heteroatoms. The first-order chi connectivity index (χ1) is 13.2. The van der Waals surface area contributed by atoms with Gasteiger partial charge in [-0.3, -0.25) is 4.99 Å². The molecule has 1 aromatic heterocycles. The summed E-state index contributed by atoms with van der Waals surface area (Å²) in [7, 11) is 1.78. The van der Waals surface area contributed by atoms with Crippen LogP contribution >= 0.6 is 11.8 Å². The van der Waals surface area contributed by atoms with Crippen LogP contribution in [0.15, 0.2) is 64.6 Å². The minimum atomic E-state index is 0.579. The van der Waals surface area contributed by atoms with Crippen molar-refractivity contribution in [2.45, 2.75) is 24.9 Å². The molecule has 0 fully saturated rings. The molecule has 0 bridgehead atoms. The number of imidazole rings is 1. The quantitative estimate of drug-likeness (QED) is 0.344. The van der Waals surface area contributed by atoms with Crippen molar-refractivity contribution in [3.8, 4) is 11.3 Å². The molecule has 1 heterocycles. The van der Waals surface area contributed by atoms with Crippen molar-refractivity contribution in [2.24, 2.45) is 4.99 Å². The minimum absolute atomic E-state index is 0.579. The molecule has 0 spiro atoms. The molecule has 0 saturated heterocycles. The lowest BCUT2D eigenvalue weighted by molar-refractivity contribution is 0.777. The maximum Gasteiger partial charge on any atom is 0.191 e. The van der Waals surface area contributed by atoms with E-state index in [9.17, 15) is 0 Å². The highest BCUT2D eigenvalue weighted by molar-refractivity contribution is 7.98. The fourth-order valence-electron chi connectivity index (χ4n) is 2.78. The van der Waals surface area contributed by atoms with Gasteiger partial charge in [0.05, 0.1) is 18.4 Å². The Kier molecular flexibility index (Phi) is 6.54. The Morgan fingerprint density at radius 2 is 1.89 bits per heavy atom. The highest BCUT2D eigenvalue weighted by Gasteiger charge is 2.06. The molecule has 0 aliphatic carbocycles. The van der Waals surface area contributed by atoms with E-state index < -0.39 is 0 Å². The van der Waals surface area contributed by atoms with Gasteiger partial charge in [0.15, 0.2) is 5.96 Å². The van der Waals surface area contributed by atoms with Crippen molar-refractivity contribution in [1.82, 2.24) is 20.6 Å². The van der Waals surface area contributed by atoms with E-state index in [1.807, 2.05) is 24.4 Å². The summed E-state index contributed by atoms with van der Waals surface area (Å²) < 4.78 is 0. The van der Waals surface area contributed by atoms with Gasteiger partial charge in [-0.25, -0.2) is 4.98 Å². The molecule has 0 atom stereocenters. The zero-order chi connectivity index (χ0) is 19.1. The van der Waals surface area contributed by atoms with E-state index in [-0.39, 0.29) is 0 Å². The van der Waals surface area contributed by atoms with Crippen molar-refractivity contribution in [2.75, 3.05) is 13.3 Å². The molecular formula is C21H25N5S. The molecule has 0 aliphatic heterocycles. The van der Waals surface area contributed by atoms with Gasteiger partial charge >= 0.3 is 0 Å². The van der Waals surface area contributed by atoms with Gasteiger partial charge in [0.25, 0.3) is 0 Å². The third kappa shape index (κ3) is 5.14. The molecule has 5 nitrogen and oxygen atoms in total. The van der Waals surface area contributed by atoms with Crippen molar-refractivity contribution in [3.63, 3.8) is 0 Å². The van der Waals surface area contributed by atoms with Gasteiger partial charge in [0, 0.05) is 18.5 Å². The number of aryl methyl sites for hydroxylation is 1. The summed E-state index contributed by atoms with van der Waals surface area (Å²) in [6.07, 6.45) is 3.96. The van der Waals surface area contributed by atoms with Gasteiger partial charge in [0.2, 0.25) is 0 Å². The largest absolute Gasteiger partial charge is 0.352 e. The number of aliphatic imine (C=N–C) groups is 1. The van der Waals surface area contributed by atoms with Gasteiger partial charge in [-0.05, 0) is 35.9 Å². The number of nitrogens with one attached hydrogen (secondary N) is 3. The fraction of sp³-hybridized carbons (Fsp3) is 0.238. The average Bonchev–Trinajstić information content (AvgIpc) is 3.18. The summed E-state index contributed by atoms with van der Waals surface area (Å²) in [5.41, 5.74) is 4.68. The molecule has 140 valence electrons. The Morgan fingerprint density at radius 3 is 2.63 bits per heavy atom. The number of nitrogens with zero attached hydrogens (tertiary/aromatic N) is 2. The van der Waals surface area contributed by atoms with Crippen molar-refractivity contribution in [1.29, 1.82) is 0 Å². The van der Waals surface area contributed by atoms with E-state index in [0.29, 0.717) is 6.54 Å². The van der Waals surface area contributed by atoms with Crippen LogP contribution in [-0.4, -0.2) is 29.2 Å². The third-order valence-corrected chi connectivity index (χ3v) is 5.07. The monoisotopic (exact) mass is 379 g/mol. The summed E-state index contributed by atoms with van der Waals surface area (Å²) in [5, 5.41) is 6.68. The first-order valence-corrected chi connectivity index (χ1v) is 10.1. The summed E-state index contributed by atoms with van der Waals surface area (Å²) in [5.74, 6) is 1.62. The highest BCUT2D eigenvalue weighted by Crippen LogP contribution is 2.21. The normalized spacial score (nSPS) is 11.4. The Bertz CT molecular complexity index is 902. The van der Waals surface area contributed by atoms with E-state index >= 15 is 0 Å². The molecule has 0 amide bonds. The van der Waals surface area contributed by atoms with E-state index in [0.717, 1.165) is 29.6 Å². The zero-order valence-corrected chi connectivity index (χ0v) is 16.7. The number of guanidine groups is 1. The lowest BCUT2D eigenvalue weighted by Crippen LogP contribution is -2.36. The zero-order valence-electron chi connectivity index (χ0n) is 15.9. The second-order valence-electron chi connectivity index (χ2n) is 6.20. The molecule has 0 unspecified atom stereocenters. The number of hydrogen-bond acceptors (Lipinski definition) is 3. The van der Waals surface area contributed by atoms with E-state index in [1.165, 1.54) is 16.0 Å². The number of hydrogen-bond donors (Lipinski definition) is 3. The second-order valence-corrected chi connectivity index (χ2v) is 7.05. The predicted octanol–water partition coefficient (Wildman–Crippen LogP) is 3.97. The Hall–Kier alpha value is -2.73. The fourth-order valence-corrected chi connectivity index (χ4v) is 3.49. The summed E-state index contributed by atoms with van der Waals surface area (Å²) >= 11 is 1.76. The predicted molar refractivity (Wildman–Crippen MR) is 114 cm³/mol. The van der Waals surface area contributed by atoms with Crippen LogP contribution in [-0.2, 0) is 13.1 Å². The number of H-pyrrole nitrogens is 1. The lowest BCUT2D eigenvalue weighted by Gasteiger charge is -2.13. The molecule has 0 radical (unpaired) electrons. The van der Waals surface area contributed by atoms with Crippen LogP contribution in [0.4, 0.5) is 0 Å². The number of thioether (sulfide) groups is 1. The van der Waals surface area contributed by atoms with Crippen LogP contribution in [0.5, 0.6) is 0 Å². The average molecular weight is 380 g/mol. The molecule has 2 aromatic carbocycles. The SMILES string of the molecule is CN=C(NCc1ncc(-c2ccccc2)[nH]1)NCc1ccc(C)cc1SC. The maximum absolute atomic E-state index is 4.45. The van der Waals surface area contributed by atoms with E-state index in [4.69, 9.17) is 0 Å². The molecule has 3 aromatic rings. The van der Waals surface area contributed by atoms with Crippen LogP contribution in [0.3, 0.4) is 0 Å². The molecular weight excluding hydrogens is 354 g/mol. The topological polar surface area (TPSA) is 65.1 Å². The van der Waals surface area contributed by atoms with Gasteiger partial charge in [-0.1, -0.05) is 42.5 Å². The number of benzene rings is 2. The van der Waals surface area contributed by atoms with Crippen LogP contribution < -0.4 is 10.6 Å². The number of aromatic amines is 1. The first kappa shape index (κ1) is 19.0. The molecule has 0 saturated carbocycles. The smallest absolute Gasteiger partial charge is 0.191 e.